The third-order valence-corrected chi connectivity index (χ3v) is 8.40. The number of carbonyl (C=O) groups is 1. The number of thiophene rings is 1. The summed E-state index contributed by atoms with van der Waals surface area (Å²) in [7, 11) is 0. The fourth-order valence-electron chi connectivity index (χ4n) is 3.39. The minimum atomic E-state index is 0.0632. The third-order valence-electron chi connectivity index (χ3n) is 4.67. The second kappa shape index (κ2) is 7.31. The van der Waals surface area contributed by atoms with Crippen molar-refractivity contribution in [2.75, 3.05) is 13.1 Å². The SMILES string of the molecule is O=C(N[C@@H]1C2CCN(CC2)C1I)c1ccc(Sc2ccccn2)s1. The Morgan fingerprint density at radius 2 is 2.12 bits per heavy atom. The summed E-state index contributed by atoms with van der Waals surface area (Å²) in [6, 6.07) is 10.1. The van der Waals surface area contributed by atoms with Crippen LogP contribution in [0.1, 0.15) is 22.5 Å². The van der Waals surface area contributed by atoms with Crippen molar-refractivity contribution in [2.45, 2.75) is 32.2 Å². The topological polar surface area (TPSA) is 45.2 Å². The van der Waals surface area contributed by atoms with Crippen molar-refractivity contribution in [2.24, 2.45) is 5.92 Å². The number of nitrogens with one attached hydrogen (secondary N) is 1. The molecule has 4 nitrogen and oxygen atoms in total. The monoisotopic (exact) mass is 471 g/mol. The summed E-state index contributed by atoms with van der Waals surface area (Å²) >= 11 is 5.63. The lowest BCUT2D eigenvalue weighted by atomic mass is 9.84. The number of nitrogens with zero attached hydrogens (tertiary/aromatic N) is 2. The van der Waals surface area contributed by atoms with Crippen LogP contribution >= 0.6 is 45.7 Å². The number of amides is 1. The number of hydrogen-bond acceptors (Lipinski definition) is 5. The number of alkyl halides is 1. The van der Waals surface area contributed by atoms with Crippen LogP contribution in [0.4, 0.5) is 0 Å². The molecule has 2 aromatic heterocycles. The van der Waals surface area contributed by atoms with Crippen LogP contribution in [0.2, 0.25) is 0 Å². The first-order valence-electron chi connectivity index (χ1n) is 8.08. The highest BCUT2D eigenvalue weighted by Crippen LogP contribution is 2.36. The Balaban J connectivity index is 1.42. The Morgan fingerprint density at radius 3 is 2.83 bits per heavy atom. The Morgan fingerprint density at radius 1 is 1.29 bits per heavy atom. The molecule has 1 amide bonds. The predicted molar refractivity (Wildman–Crippen MR) is 106 cm³/mol. The largest absolute Gasteiger partial charge is 0.346 e. The lowest BCUT2D eigenvalue weighted by Crippen LogP contribution is -2.61. The maximum absolute atomic E-state index is 12.7. The van der Waals surface area contributed by atoms with Crippen LogP contribution in [0.15, 0.2) is 45.8 Å². The molecule has 2 bridgehead atoms. The molecular formula is C17H18IN3OS2. The first-order chi connectivity index (χ1) is 11.7. The molecule has 5 heterocycles. The van der Waals surface area contributed by atoms with E-state index in [0.717, 1.165) is 14.1 Å². The summed E-state index contributed by atoms with van der Waals surface area (Å²) in [4.78, 5) is 20.2. The van der Waals surface area contributed by atoms with Crippen LogP contribution in [0.3, 0.4) is 0 Å². The zero-order valence-electron chi connectivity index (χ0n) is 13.0. The van der Waals surface area contributed by atoms with Crippen molar-refractivity contribution in [1.29, 1.82) is 0 Å². The molecule has 3 aliphatic rings. The molecule has 0 aliphatic carbocycles. The van der Waals surface area contributed by atoms with Crippen LogP contribution in [-0.2, 0) is 0 Å². The Hall–Kier alpha value is -0.640. The van der Waals surface area contributed by atoms with Gasteiger partial charge in [0.05, 0.1) is 19.2 Å². The Labute approximate surface area is 163 Å². The van der Waals surface area contributed by atoms with E-state index in [-0.39, 0.29) is 11.9 Å². The summed E-state index contributed by atoms with van der Waals surface area (Å²) in [6.45, 7) is 2.35. The predicted octanol–water partition coefficient (Wildman–Crippen LogP) is 3.88. The minimum Gasteiger partial charge on any atom is -0.346 e. The van der Waals surface area contributed by atoms with E-state index in [1.54, 1.807) is 29.3 Å². The number of piperidine rings is 3. The first kappa shape index (κ1) is 16.8. The molecular weight excluding hydrogens is 453 g/mol. The molecule has 2 atom stereocenters. The second-order valence-corrected chi connectivity index (χ2v) is 9.81. The summed E-state index contributed by atoms with van der Waals surface area (Å²) in [5, 5.41) is 4.25. The lowest BCUT2D eigenvalue weighted by molar-refractivity contribution is 0.0555. The summed E-state index contributed by atoms with van der Waals surface area (Å²) in [5.74, 6) is 0.691. The van der Waals surface area contributed by atoms with Gasteiger partial charge in [-0.25, -0.2) is 4.98 Å². The molecule has 3 fully saturated rings. The van der Waals surface area contributed by atoms with E-state index in [0.29, 0.717) is 9.97 Å². The second-order valence-electron chi connectivity index (χ2n) is 6.13. The van der Waals surface area contributed by atoms with Crippen molar-refractivity contribution in [3.05, 3.63) is 41.4 Å². The van der Waals surface area contributed by atoms with E-state index in [9.17, 15) is 4.79 Å². The molecule has 5 rings (SSSR count). The smallest absolute Gasteiger partial charge is 0.261 e. The summed E-state index contributed by atoms with van der Waals surface area (Å²) in [6.07, 6.45) is 4.20. The Kier molecular flexibility index (Phi) is 5.12. The minimum absolute atomic E-state index is 0.0632. The standard InChI is InChI=1S/C17H18IN3OS2/c18-16-15(11-6-9-21(16)10-7-11)20-17(22)12-4-5-14(23-12)24-13-3-1-2-8-19-13/h1-5,8,11,15-16H,6-7,9-10H2,(H,20,22)/t15-,16?/m1/s1. The van der Waals surface area contributed by atoms with Gasteiger partial charge in [0.15, 0.2) is 0 Å². The average molecular weight is 471 g/mol. The van der Waals surface area contributed by atoms with Gasteiger partial charge in [-0.15, -0.1) is 11.3 Å². The highest BCUT2D eigenvalue weighted by atomic mass is 127. The van der Waals surface area contributed by atoms with Crippen molar-refractivity contribution in [1.82, 2.24) is 15.2 Å². The number of fused-ring (bicyclic) bond motifs is 3. The maximum Gasteiger partial charge on any atom is 0.261 e. The van der Waals surface area contributed by atoms with Crippen LogP contribution < -0.4 is 5.32 Å². The molecule has 1 N–H and O–H groups in total. The lowest BCUT2D eigenvalue weighted by Gasteiger charge is -2.48. The molecule has 7 heteroatoms. The fourth-order valence-corrected chi connectivity index (χ4v) is 6.65. The van der Waals surface area contributed by atoms with Gasteiger partial charge in [0, 0.05) is 6.20 Å². The molecule has 0 saturated carbocycles. The third kappa shape index (κ3) is 3.49. The van der Waals surface area contributed by atoms with Crippen LogP contribution in [0.25, 0.3) is 0 Å². The highest BCUT2D eigenvalue weighted by Gasteiger charge is 2.41. The van der Waals surface area contributed by atoms with E-state index in [1.165, 1.54) is 25.9 Å². The number of pyridine rings is 1. The quantitative estimate of drug-likeness (QED) is 0.418. The number of aromatic nitrogens is 1. The van der Waals surface area contributed by atoms with Crippen molar-refractivity contribution < 1.29 is 4.79 Å². The molecule has 3 aliphatic heterocycles. The molecule has 0 spiro atoms. The first-order valence-corrected chi connectivity index (χ1v) is 11.0. The van der Waals surface area contributed by atoms with Gasteiger partial charge in [-0.3, -0.25) is 9.69 Å². The molecule has 1 unspecified atom stereocenters. The zero-order valence-corrected chi connectivity index (χ0v) is 16.8. The van der Waals surface area contributed by atoms with Gasteiger partial charge in [-0.2, -0.15) is 0 Å². The number of carbonyl (C=O) groups excluding carboxylic acids is 1. The van der Waals surface area contributed by atoms with Crippen molar-refractivity contribution in [3.63, 3.8) is 0 Å². The van der Waals surface area contributed by atoms with Crippen molar-refractivity contribution in [3.8, 4) is 0 Å². The molecule has 0 radical (unpaired) electrons. The van der Waals surface area contributed by atoms with Gasteiger partial charge in [-0.1, -0.05) is 40.4 Å². The summed E-state index contributed by atoms with van der Waals surface area (Å²) in [5.41, 5.74) is 0. The number of rotatable bonds is 4. The van der Waals surface area contributed by atoms with Crippen LogP contribution in [-0.4, -0.2) is 39.0 Å². The van der Waals surface area contributed by atoms with Gasteiger partial charge < -0.3 is 5.32 Å². The average Bonchev–Trinajstić information content (AvgIpc) is 3.08. The van der Waals surface area contributed by atoms with Gasteiger partial charge >= 0.3 is 0 Å². The van der Waals surface area contributed by atoms with Gasteiger partial charge in [-0.05, 0) is 56.1 Å². The summed E-state index contributed by atoms with van der Waals surface area (Å²) < 4.78 is 1.51. The number of hydrogen-bond donors (Lipinski definition) is 1. The number of halogens is 1. The zero-order chi connectivity index (χ0) is 16.5. The van der Waals surface area contributed by atoms with Crippen LogP contribution in [0.5, 0.6) is 0 Å². The normalized spacial score (nSPS) is 28.7. The molecule has 3 saturated heterocycles. The Bertz CT molecular complexity index is 714. The van der Waals surface area contributed by atoms with E-state index in [2.05, 4.69) is 37.8 Å². The van der Waals surface area contributed by atoms with E-state index in [4.69, 9.17) is 0 Å². The van der Waals surface area contributed by atoms with E-state index >= 15 is 0 Å². The molecule has 24 heavy (non-hydrogen) atoms. The van der Waals surface area contributed by atoms with Gasteiger partial charge in [0.2, 0.25) is 0 Å². The van der Waals surface area contributed by atoms with E-state index in [1.807, 2.05) is 30.3 Å². The maximum atomic E-state index is 12.7. The van der Waals surface area contributed by atoms with Gasteiger partial charge in [0.25, 0.3) is 5.91 Å². The fraction of sp³-hybridized carbons (Fsp3) is 0.412. The van der Waals surface area contributed by atoms with Crippen molar-refractivity contribution >= 4 is 51.6 Å². The molecule has 2 aromatic rings. The molecule has 0 aromatic carbocycles. The van der Waals surface area contributed by atoms with E-state index < -0.39 is 0 Å². The van der Waals surface area contributed by atoms with Gasteiger partial charge in [0.1, 0.15) is 5.03 Å². The van der Waals surface area contributed by atoms with Crippen LogP contribution in [0, 0.1) is 5.92 Å². The highest BCUT2D eigenvalue weighted by molar-refractivity contribution is 14.1. The molecule has 126 valence electrons.